The first-order chi connectivity index (χ1) is 5.79. The summed E-state index contributed by atoms with van der Waals surface area (Å²) in [5, 5.41) is 17.0. The lowest BCUT2D eigenvalue weighted by Gasteiger charge is -2.11. The molecule has 0 bridgehead atoms. The van der Waals surface area contributed by atoms with Gasteiger partial charge in [-0.05, 0) is 19.3 Å². The van der Waals surface area contributed by atoms with Crippen molar-refractivity contribution in [3.63, 3.8) is 0 Å². The highest BCUT2D eigenvalue weighted by atomic mass is 16.1. The molecule has 0 aromatic carbocycles. The first-order valence-corrected chi connectivity index (χ1v) is 3.86. The van der Waals surface area contributed by atoms with Gasteiger partial charge in [-0.25, -0.2) is 0 Å². The molecule has 0 unspecified atom stereocenters. The Morgan fingerprint density at radius 2 is 1.75 bits per heavy atom. The van der Waals surface area contributed by atoms with Gasteiger partial charge >= 0.3 is 0 Å². The highest BCUT2D eigenvalue weighted by molar-refractivity contribution is 5.98. The van der Waals surface area contributed by atoms with E-state index in [-0.39, 0.29) is 11.4 Å². The molecule has 0 atom stereocenters. The van der Waals surface area contributed by atoms with E-state index in [4.69, 9.17) is 10.5 Å². The molecule has 1 saturated carbocycles. The lowest BCUT2D eigenvalue weighted by molar-refractivity contribution is -0.116. The van der Waals surface area contributed by atoms with Crippen molar-refractivity contribution in [3.8, 4) is 12.1 Å². The molecule has 3 nitrogen and oxygen atoms in total. The van der Waals surface area contributed by atoms with Gasteiger partial charge in [0.05, 0.1) is 0 Å². The quantitative estimate of drug-likeness (QED) is 0.398. The zero-order valence-corrected chi connectivity index (χ0v) is 6.63. The second kappa shape index (κ2) is 3.69. The van der Waals surface area contributed by atoms with Crippen LogP contribution < -0.4 is 0 Å². The van der Waals surface area contributed by atoms with E-state index in [1.54, 1.807) is 12.1 Å². The fourth-order valence-electron chi connectivity index (χ4n) is 1.30. The molecule has 0 aromatic rings. The maximum absolute atomic E-state index is 11.2. The number of Topliss-reactive ketones (excluding diaryl/α,β-unsaturated/α-hetero) is 1. The van der Waals surface area contributed by atoms with Crippen LogP contribution in [0.3, 0.4) is 0 Å². The van der Waals surface area contributed by atoms with Gasteiger partial charge in [0, 0.05) is 12.0 Å². The Morgan fingerprint density at radius 1 is 1.17 bits per heavy atom. The predicted octanol–water partition coefficient (Wildman–Crippen LogP) is 1.47. The maximum Gasteiger partial charge on any atom is 0.160 e. The molecule has 3 heteroatoms. The zero-order valence-electron chi connectivity index (χ0n) is 6.63. The molecule has 0 N–H and O–H groups in total. The molecule has 60 valence electrons. The summed E-state index contributed by atoms with van der Waals surface area (Å²) in [6.07, 6.45) is 2.87. The van der Waals surface area contributed by atoms with Crippen molar-refractivity contribution in [2.75, 3.05) is 0 Å². The molecule has 12 heavy (non-hydrogen) atoms. The van der Waals surface area contributed by atoms with E-state index >= 15 is 0 Å². The number of nitriles is 2. The third-order valence-corrected chi connectivity index (χ3v) is 1.94. The van der Waals surface area contributed by atoms with Crippen LogP contribution in [0.2, 0.25) is 0 Å². The lowest BCUT2D eigenvalue weighted by atomic mass is 9.90. The molecule has 1 aliphatic rings. The first kappa shape index (κ1) is 8.49. The van der Waals surface area contributed by atoms with E-state index in [0.717, 1.165) is 12.8 Å². The number of allylic oxidation sites excluding steroid dienone is 2. The molecule has 0 amide bonds. The molecule has 0 saturated heterocycles. The molecule has 1 rings (SSSR count). The van der Waals surface area contributed by atoms with Crippen LogP contribution in [0.1, 0.15) is 25.7 Å². The van der Waals surface area contributed by atoms with Gasteiger partial charge in [0.1, 0.15) is 17.7 Å². The average Bonchev–Trinajstić information content (AvgIpc) is 2.10. The van der Waals surface area contributed by atoms with Crippen LogP contribution in [0.25, 0.3) is 0 Å². The summed E-state index contributed by atoms with van der Waals surface area (Å²) in [5.74, 6) is -0.0284. The summed E-state index contributed by atoms with van der Waals surface area (Å²) in [6.45, 7) is 0. The van der Waals surface area contributed by atoms with Gasteiger partial charge in [0.15, 0.2) is 5.78 Å². The van der Waals surface area contributed by atoms with Crippen LogP contribution in [-0.2, 0) is 4.79 Å². The van der Waals surface area contributed by atoms with Crippen LogP contribution >= 0.6 is 0 Å². The van der Waals surface area contributed by atoms with Gasteiger partial charge in [-0.1, -0.05) is 0 Å². The normalized spacial score (nSPS) is 16.5. The molecule has 0 aliphatic heterocycles. The van der Waals surface area contributed by atoms with Gasteiger partial charge in [0.2, 0.25) is 0 Å². The number of ketones is 1. The SMILES string of the molecule is N#CC(C#N)=C1CCCCC1=O. The Bertz CT molecular complexity index is 298. The first-order valence-electron chi connectivity index (χ1n) is 3.86. The van der Waals surface area contributed by atoms with Gasteiger partial charge in [0.25, 0.3) is 0 Å². The predicted molar refractivity (Wildman–Crippen MR) is 41.7 cm³/mol. The van der Waals surface area contributed by atoms with Crippen LogP contribution in [0, 0.1) is 22.7 Å². The average molecular weight is 160 g/mol. The van der Waals surface area contributed by atoms with Crippen LogP contribution in [0.5, 0.6) is 0 Å². The summed E-state index contributed by atoms with van der Waals surface area (Å²) >= 11 is 0. The van der Waals surface area contributed by atoms with Gasteiger partial charge in [-0.15, -0.1) is 0 Å². The number of nitrogens with zero attached hydrogens (tertiary/aromatic N) is 2. The molecule has 0 heterocycles. The van der Waals surface area contributed by atoms with Gasteiger partial charge in [-0.3, -0.25) is 4.79 Å². The molecular weight excluding hydrogens is 152 g/mol. The van der Waals surface area contributed by atoms with Crippen molar-refractivity contribution in [1.29, 1.82) is 10.5 Å². The fraction of sp³-hybridized carbons (Fsp3) is 0.444. The van der Waals surface area contributed by atoms with E-state index in [9.17, 15) is 4.79 Å². The minimum atomic E-state index is -0.0284. The van der Waals surface area contributed by atoms with E-state index in [2.05, 4.69) is 0 Å². The number of rotatable bonds is 0. The van der Waals surface area contributed by atoms with E-state index in [1.807, 2.05) is 0 Å². The largest absolute Gasteiger partial charge is 0.294 e. The Hall–Kier alpha value is -1.61. The molecule has 1 fully saturated rings. The Labute approximate surface area is 70.9 Å². The third kappa shape index (κ3) is 1.52. The summed E-state index contributed by atoms with van der Waals surface area (Å²) in [7, 11) is 0. The van der Waals surface area contributed by atoms with Crippen molar-refractivity contribution in [2.45, 2.75) is 25.7 Å². The lowest BCUT2D eigenvalue weighted by Crippen LogP contribution is -2.10. The Kier molecular flexibility index (Phi) is 2.61. The van der Waals surface area contributed by atoms with Crippen molar-refractivity contribution in [2.24, 2.45) is 0 Å². The molecule has 0 radical (unpaired) electrons. The smallest absolute Gasteiger partial charge is 0.160 e. The van der Waals surface area contributed by atoms with Gasteiger partial charge in [-0.2, -0.15) is 10.5 Å². The molecule has 1 aliphatic carbocycles. The van der Waals surface area contributed by atoms with Crippen LogP contribution in [0.4, 0.5) is 0 Å². The Morgan fingerprint density at radius 3 is 2.25 bits per heavy atom. The summed E-state index contributed by atoms with van der Waals surface area (Å²) in [5.41, 5.74) is 0.436. The van der Waals surface area contributed by atoms with E-state index in [0.29, 0.717) is 18.4 Å². The number of carbonyl (C=O) groups is 1. The highest BCUT2D eigenvalue weighted by Gasteiger charge is 2.18. The van der Waals surface area contributed by atoms with Crippen LogP contribution in [0.15, 0.2) is 11.1 Å². The number of hydrogen-bond donors (Lipinski definition) is 0. The Balaban J connectivity index is 3.00. The topological polar surface area (TPSA) is 64.7 Å². The van der Waals surface area contributed by atoms with Crippen LogP contribution in [-0.4, -0.2) is 5.78 Å². The fourth-order valence-corrected chi connectivity index (χ4v) is 1.30. The minimum Gasteiger partial charge on any atom is -0.294 e. The van der Waals surface area contributed by atoms with Crippen molar-refractivity contribution >= 4 is 5.78 Å². The van der Waals surface area contributed by atoms with Crippen molar-refractivity contribution in [3.05, 3.63) is 11.1 Å². The van der Waals surface area contributed by atoms with Crippen molar-refractivity contribution < 1.29 is 4.79 Å². The second-order valence-corrected chi connectivity index (χ2v) is 2.71. The van der Waals surface area contributed by atoms with E-state index < -0.39 is 0 Å². The van der Waals surface area contributed by atoms with E-state index in [1.165, 1.54) is 0 Å². The number of hydrogen-bond acceptors (Lipinski definition) is 3. The zero-order chi connectivity index (χ0) is 8.97. The number of carbonyl (C=O) groups excluding carboxylic acids is 1. The second-order valence-electron chi connectivity index (χ2n) is 2.71. The molecular formula is C9H8N2O. The van der Waals surface area contributed by atoms with Gasteiger partial charge < -0.3 is 0 Å². The highest BCUT2D eigenvalue weighted by Crippen LogP contribution is 2.22. The molecule has 0 aromatic heterocycles. The summed E-state index contributed by atoms with van der Waals surface area (Å²) in [6, 6.07) is 3.50. The third-order valence-electron chi connectivity index (χ3n) is 1.94. The molecule has 0 spiro atoms. The summed E-state index contributed by atoms with van der Waals surface area (Å²) < 4.78 is 0. The monoisotopic (exact) mass is 160 g/mol. The summed E-state index contributed by atoms with van der Waals surface area (Å²) in [4.78, 5) is 11.2. The maximum atomic E-state index is 11.2. The van der Waals surface area contributed by atoms with Crippen molar-refractivity contribution in [1.82, 2.24) is 0 Å². The minimum absolute atomic E-state index is 0.000278. The standard InChI is InChI=1S/C9H8N2O/c10-5-7(6-11)8-3-1-2-4-9(8)12/h1-4H2.